The van der Waals surface area contributed by atoms with Crippen molar-refractivity contribution < 1.29 is 18.4 Å². The second kappa shape index (κ2) is 9.61. The molecule has 1 aromatic carbocycles. The van der Waals surface area contributed by atoms with Crippen molar-refractivity contribution in [1.29, 1.82) is 0 Å². The van der Waals surface area contributed by atoms with E-state index in [0.717, 1.165) is 25.7 Å². The van der Waals surface area contributed by atoms with E-state index in [4.69, 9.17) is 11.5 Å². The molecule has 0 spiro atoms. The predicted octanol–water partition coefficient (Wildman–Crippen LogP) is 3.24. The minimum absolute atomic E-state index is 0.0219. The van der Waals surface area contributed by atoms with Gasteiger partial charge in [-0.3, -0.25) is 10.1 Å². The van der Waals surface area contributed by atoms with Crippen molar-refractivity contribution in [2.45, 2.75) is 51.3 Å². The van der Waals surface area contributed by atoms with Gasteiger partial charge < -0.3 is 21.5 Å². The molecule has 162 valence electrons. The van der Waals surface area contributed by atoms with Crippen molar-refractivity contribution in [2.75, 3.05) is 11.1 Å². The second-order valence-corrected chi connectivity index (χ2v) is 7.31. The van der Waals surface area contributed by atoms with Crippen molar-refractivity contribution in [1.82, 2.24) is 9.97 Å². The molecule has 0 unspecified atom stereocenters. The Balaban J connectivity index is 1.79. The molecule has 0 saturated heterocycles. The first kappa shape index (κ1) is 21.6. The van der Waals surface area contributed by atoms with Gasteiger partial charge in [0, 0.05) is 18.2 Å². The summed E-state index contributed by atoms with van der Waals surface area (Å²) < 4.78 is 29.7. The molecular weight excluding hydrogens is 398 g/mol. The van der Waals surface area contributed by atoms with Crippen molar-refractivity contribution in [3.63, 3.8) is 0 Å². The number of nitrogens with one attached hydrogen (secondary N) is 1. The number of hydrogen-bond donors (Lipinski definition) is 3. The molecule has 1 fully saturated rings. The van der Waals surface area contributed by atoms with Gasteiger partial charge >= 0.3 is 12.3 Å². The summed E-state index contributed by atoms with van der Waals surface area (Å²) in [6.45, 7) is -2.87. The highest BCUT2D eigenvalue weighted by Crippen LogP contribution is 2.32. The van der Waals surface area contributed by atoms with Crippen LogP contribution in [0.1, 0.15) is 36.9 Å². The van der Waals surface area contributed by atoms with Gasteiger partial charge in [-0.2, -0.15) is 13.8 Å². The van der Waals surface area contributed by atoms with E-state index in [-0.39, 0.29) is 47.4 Å². The van der Waals surface area contributed by atoms with Crippen LogP contribution >= 0.6 is 0 Å². The van der Waals surface area contributed by atoms with Crippen LogP contribution < -0.4 is 21.5 Å². The van der Waals surface area contributed by atoms with E-state index in [1.165, 1.54) is 6.07 Å². The van der Waals surface area contributed by atoms with Crippen LogP contribution in [-0.2, 0) is 13.0 Å². The first-order chi connectivity index (χ1) is 14.3. The lowest BCUT2D eigenvalue weighted by atomic mass is 9.83. The van der Waals surface area contributed by atoms with Crippen molar-refractivity contribution >= 4 is 17.5 Å². The van der Waals surface area contributed by atoms with E-state index in [1.54, 1.807) is 18.2 Å². The van der Waals surface area contributed by atoms with E-state index in [1.807, 2.05) is 0 Å². The predicted molar refractivity (Wildman–Crippen MR) is 107 cm³/mol. The minimum atomic E-state index is -2.95. The summed E-state index contributed by atoms with van der Waals surface area (Å²) in [6.07, 6.45) is 3.86. The lowest BCUT2D eigenvalue weighted by Crippen LogP contribution is -2.27. The third-order valence-corrected chi connectivity index (χ3v) is 5.16. The van der Waals surface area contributed by atoms with Gasteiger partial charge in [0.25, 0.3) is 0 Å². The van der Waals surface area contributed by atoms with Gasteiger partial charge in [0.1, 0.15) is 11.4 Å². The first-order valence-corrected chi connectivity index (χ1v) is 9.66. The number of benzene rings is 1. The fourth-order valence-corrected chi connectivity index (χ4v) is 3.64. The summed E-state index contributed by atoms with van der Waals surface area (Å²) in [5.41, 5.74) is 12.2. The third-order valence-electron chi connectivity index (χ3n) is 5.16. The molecule has 0 radical (unpaired) electrons. The number of nitrogens with zero attached hydrogens (tertiary/aromatic N) is 3. The van der Waals surface area contributed by atoms with Crippen molar-refractivity contribution in [3.8, 4) is 5.75 Å². The first-order valence-electron chi connectivity index (χ1n) is 9.66. The van der Waals surface area contributed by atoms with E-state index in [0.29, 0.717) is 12.0 Å². The topological polar surface area (TPSA) is 142 Å². The number of alkyl halides is 2. The van der Waals surface area contributed by atoms with E-state index >= 15 is 0 Å². The van der Waals surface area contributed by atoms with Crippen LogP contribution in [0.15, 0.2) is 24.3 Å². The van der Waals surface area contributed by atoms with Gasteiger partial charge in [0.15, 0.2) is 0 Å². The SMILES string of the molecule is Nc1nc(NCc2ccccc2OC(F)F)nc(CC2CCC(N)CC2)c1[N+](=O)[O-]. The molecule has 0 aliphatic heterocycles. The molecule has 1 aliphatic carbocycles. The van der Waals surface area contributed by atoms with Crippen LogP contribution in [0.5, 0.6) is 5.75 Å². The normalized spacial score (nSPS) is 18.9. The highest BCUT2D eigenvalue weighted by Gasteiger charge is 2.27. The molecular formula is C19H24F2N6O3. The van der Waals surface area contributed by atoms with Crippen molar-refractivity contribution in [3.05, 3.63) is 45.6 Å². The van der Waals surface area contributed by atoms with E-state index < -0.39 is 11.5 Å². The number of nitro groups is 1. The molecule has 1 saturated carbocycles. The number of nitrogens with two attached hydrogens (primary N) is 2. The van der Waals surface area contributed by atoms with Gasteiger partial charge in [0.2, 0.25) is 11.8 Å². The lowest BCUT2D eigenvalue weighted by molar-refractivity contribution is -0.385. The number of halogens is 2. The average Bonchev–Trinajstić information content (AvgIpc) is 2.68. The van der Waals surface area contributed by atoms with Crippen LogP contribution in [0.25, 0.3) is 0 Å². The van der Waals surface area contributed by atoms with E-state index in [9.17, 15) is 18.9 Å². The summed E-state index contributed by atoms with van der Waals surface area (Å²) in [6, 6.07) is 6.47. The van der Waals surface area contributed by atoms with Crippen LogP contribution in [0.2, 0.25) is 0 Å². The summed E-state index contributed by atoms with van der Waals surface area (Å²) >= 11 is 0. The Bertz CT molecular complexity index is 891. The summed E-state index contributed by atoms with van der Waals surface area (Å²) in [5.74, 6) is 0.101. The molecule has 1 aliphatic rings. The lowest BCUT2D eigenvalue weighted by Gasteiger charge is -2.25. The summed E-state index contributed by atoms with van der Waals surface area (Å²) in [5, 5.41) is 14.4. The molecule has 1 aromatic heterocycles. The maximum Gasteiger partial charge on any atom is 0.387 e. The smallest absolute Gasteiger partial charge is 0.387 e. The monoisotopic (exact) mass is 422 g/mol. The Morgan fingerprint density at radius 3 is 2.60 bits per heavy atom. The Morgan fingerprint density at radius 2 is 1.93 bits per heavy atom. The van der Waals surface area contributed by atoms with Gasteiger partial charge in [-0.05, 0) is 44.1 Å². The number of nitrogen functional groups attached to an aromatic ring is 1. The molecule has 0 amide bonds. The Labute approximate surface area is 172 Å². The fraction of sp³-hybridized carbons (Fsp3) is 0.474. The number of anilines is 2. The van der Waals surface area contributed by atoms with Crippen LogP contribution in [0, 0.1) is 16.0 Å². The molecule has 2 aromatic rings. The molecule has 9 nitrogen and oxygen atoms in total. The number of hydrogen-bond acceptors (Lipinski definition) is 8. The fourth-order valence-electron chi connectivity index (χ4n) is 3.64. The Morgan fingerprint density at radius 1 is 1.23 bits per heavy atom. The standard InChI is InChI=1S/C19H24F2N6O3/c20-18(21)30-15-4-2-1-3-12(15)10-24-19-25-14(16(27(28)29)17(23)26-19)9-11-5-7-13(22)8-6-11/h1-4,11,13,18H,5-10,22H2,(H3,23,24,25,26). The van der Waals surface area contributed by atoms with Crippen LogP contribution in [0.4, 0.5) is 26.2 Å². The molecule has 1 heterocycles. The molecule has 30 heavy (non-hydrogen) atoms. The zero-order valence-corrected chi connectivity index (χ0v) is 16.3. The number of aromatic nitrogens is 2. The second-order valence-electron chi connectivity index (χ2n) is 7.31. The van der Waals surface area contributed by atoms with Gasteiger partial charge in [-0.15, -0.1) is 0 Å². The zero-order chi connectivity index (χ0) is 21.7. The maximum atomic E-state index is 12.6. The number of ether oxygens (including phenoxy) is 1. The average molecular weight is 422 g/mol. The van der Waals surface area contributed by atoms with Crippen molar-refractivity contribution in [2.24, 2.45) is 11.7 Å². The summed E-state index contributed by atoms with van der Waals surface area (Å²) in [4.78, 5) is 19.2. The molecule has 0 atom stereocenters. The highest BCUT2D eigenvalue weighted by atomic mass is 19.3. The van der Waals surface area contributed by atoms with Crippen LogP contribution in [0.3, 0.4) is 0 Å². The maximum absolute atomic E-state index is 12.6. The van der Waals surface area contributed by atoms with Gasteiger partial charge in [0.05, 0.1) is 4.92 Å². The molecule has 11 heteroatoms. The molecule has 0 bridgehead atoms. The number of para-hydroxylation sites is 1. The largest absolute Gasteiger partial charge is 0.434 e. The van der Waals surface area contributed by atoms with Crippen LogP contribution in [-0.4, -0.2) is 27.5 Å². The Kier molecular flexibility index (Phi) is 6.93. The van der Waals surface area contributed by atoms with E-state index in [2.05, 4.69) is 20.0 Å². The number of rotatable bonds is 8. The zero-order valence-electron chi connectivity index (χ0n) is 16.3. The minimum Gasteiger partial charge on any atom is -0.434 e. The van der Waals surface area contributed by atoms with Gasteiger partial charge in [-0.25, -0.2) is 4.98 Å². The summed E-state index contributed by atoms with van der Waals surface area (Å²) in [7, 11) is 0. The highest BCUT2D eigenvalue weighted by molar-refractivity contribution is 5.58. The third kappa shape index (κ3) is 5.50. The molecule has 3 rings (SSSR count). The Hall–Kier alpha value is -3.08. The quantitative estimate of drug-likeness (QED) is 0.435. The van der Waals surface area contributed by atoms with Gasteiger partial charge in [-0.1, -0.05) is 18.2 Å². The molecule has 5 N–H and O–H groups in total.